The van der Waals surface area contributed by atoms with Crippen LogP contribution in [0, 0.1) is 0 Å². The second kappa shape index (κ2) is 5.14. The van der Waals surface area contributed by atoms with Crippen LogP contribution in [0.1, 0.15) is 37.7 Å². The van der Waals surface area contributed by atoms with Crippen LogP contribution in [0.5, 0.6) is 0 Å². The van der Waals surface area contributed by atoms with Crippen LogP contribution in [-0.4, -0.2) is 15.0 Å². The van der Waals surface area contributed by atoms with Gasteiger partial charge in [0.2, 0.25) is 0 Å². The summed E-state index contributed by atoms with van der Waals surface area (Å²) in [6, 6.07) is 6.79. The Morgan fingerprint density at radius 2 is 1.67 bits per heavy atom. The Morgan fingerprint density at radius 1 is 1.10 bits per heavy atom. The van der Waals surface area contributed by atoms with Crippen molar-refractivity contribution in [2.45, 2.75) is 38.9 Å². The van der Waals surface area contributed by atoms with Crippen molar-refractivity contribution in [3.8, 4) is 5.69 Å². The summed E-state index contributed by atoms with van der Waals surface area (Å²) >= 11 is 0. The lowest BCUT2D eigenvalue weighted by Gasteiger charge is -2.19. The van der Waals surface area contributed by atoms with Crippen LogP contribution >= 0.6 is 0 Å². The van der Waals surface area contributed by atoms with Gasteiger partial charge in [-0.05, 0) is 23.1 Å². The summed E-state index contributed by atoms with van der Waals surface area (Å²) in [7, 11) is 0. The zero-order valence-corrected chi connectivity index (χ0v) is 12.1. The van der Waals surface area contributed by atoms with E-state index in [9.17, 15) is 13.2 Å². The van der Waals surface area contributed by atoms with E-state index in [1.54, 1.807) is 24.3 Å². The van der Waals surface area contributed by atoms with Gasteiger partial charge < -0.3 is 5.73 Å². The smallest absolute Gasteiger partial charge is 0.325 e. The lowest BCUT2D eigenvalue weighted by atomic mass is 9.87. The Bertz CT molecular complexity index is 621. The highest BCUT2D eigenvalue weighted by atomic mass is 19.4. The number of hydrogen-bond donors (Lipinski definition) is 1. The van der Waals surface area contributed by atoms with Crippen molar-refractivity contribution in [1.82, 2.24) is 15.0 Å². The van der Waals surface area contributed by atoms with Crippen LogP contribution in [0.25, 0.3) is 5.69 Å². The van der Waals surface area contributed by atoms with Gasteiger partial charge in [-0.25, -0.2) is 4.68 Å². The molecule has 21 heavy (non-hydrogen) atoms. The molecule has 0 aliphatic heterocycles. The number of nitrogens with two attached hydrogens (primary N) is 1. The Balaban J connectivity index is 2.50. The van der Waals surface area contributed by atoms with E-state index < -0.39 is 11.9 Å². The zero-order valence-electron chi connectivity index (χ0n) is 12.1. The van der Waals surface area contributed by atoms with Crippen molar-refractivity contribution in [3.63, 3.8) is 0 Å². The monoisotopic (exact) mass is 298 g/mol. The molecule has 1 heterocycles. The molecule has 2 aromatic rings. The van der Waals surface area contributed by atoms with Crippen LogP contribution in [0.15, 0.2) is 24.3 Å². The second-order valence-corrected chi connectivity index (χ2v) is 5.80. The fraction of sp³-hybridized carbons (Fsp3) is 0.429. The predicted molar refractivity (Wildman–Crippen MR) is 73.0 cm³/mol. The maximum Gasteiger partial charge on any atom is 0.435 e. The largest absolute Gasteiger partial charge is 0.435 e. The molecule has 0 aliphatic carbocycles. The molecule has 7 heteroatoms. The van der Waals surface area contributed by atoms with Gasteiger partial charge in [0.15, 0.2) is 5.69 Å². The molecule has 2 N–H and O–H groups in total. The molecule has 0 bridgehead atoms. The van der Waals surface area contributed by atoms with E-state index in [1.807, 2.05) is 20.8 Å². The number of benzene rings is 1. The minimum absolute atomic E-state index is 0.0732. The molecular weight excluding hydrogens is 281 g/mol. The van der Waals surface area contributed by atoms with Gasteiger partial charge in [0.05, 0.1) is 5.69 Å². The van der Waals surface area contributed by atoms with Gasteiger partial charge in [-0.1, -0.05) is 38.1 Å². The summed E-state index contributed by atoms with van der Waals surface area (Å²) < 4.78 is 40.2. The Morgan fingerprint density at radius 3 is 2.10 bits per heavy atom. The van der Waals surface area contributed by atoms with Crippen molar-refractivity contribution >= 4 is 0 Å². The second-order valence-electron chi connectivity index (χ2n) is 5.80. The molecule has 0 saturated heterocycles. The molecule has 1 aromatic carbocycles. The Hall–Kier alpha value is -1.89. The fourth-order valence-corrected chi connectivity index (χ4v) is 2.02. The van der Waals surface area contributed by atoms with Gasteiger partial charge >= 0.3 is 6.18 Å². The molecule has 0 spiro atoms. The number of alkyl halides is 3. The van der Waals surface area contributed by atoms with Crippen molar-refractivity contribution < 1.29 is 13.2 Å². The van der Waals surface area contributed by atoms with E-state index in [-0.39, 0.29) is 17.7 Å². The molecule has 0 atom stereocenters. The molecule has 0 fully saturated rings. The maximum absolute atomic E-state index is 13.1. The minimum Gasteiger partial charge on any atom is -0.325 e. The highest BCUT2D eigenvalue weighted by Gasteiger charge is 2.39. The van der Waals surface area contributed by atoms with Crippen LogP contribution in [-0.2, 0) is 18.1 Å². The van der Waals surface area contributed by atoms with Crippen LogP contribution in [0.4, 0.5) is 13.2 Å². The van der Waals surface area contributed by atoms with Crippen LogP contribution < -0.4 is 5.73 Å². The predicted octanol–water partition coefficient (Wildman–Crippen LogP) is 3.04. The number of halogens is 3. The number of nitrogens with zero attached hydrogens (tertiary/aromatic N) is 3. The summed E-state index contributed by atoms with van der Waals surface area (Å²) in [5.41, 5.74) is 5.38. The molecule has 1 aromatic heterocycles. The van der Waals surface area contributed by atoms with E-state index in [2.05, 4.69) is 10.3 Å². The molecule has 0 aliphatic rings. The van der Waals surface area contributed by atoms with Gasteiger partial charge in [0.25, 0.3) is 0 Å². The molecule has 0 amide bonds. The van der Waals surface area contributed by atoms with E-state index in [1.165, 1.54) is 0 Å². The Labute approximate surface area is 120 Å². The lowest BCUT2D eigenvalue weighted by Crippen LogP contribution is -2.17. The maximum atomic E-state index is 13.1. The molecule has 0 radical (unpaired) electrons. The third kappa shape index (κ3) is 3.07. The fourth-order valence-electron chi connectivity index (χ4n) is 2.02. The average Bonchev–Trinajstić information content (AvgIpc) is 2.81. The van der Waals surface area contributed by atoms with Crippen molar-refractivity contribution in [2.75, 3.05) is 0 Å². The molecule has 2 rings (SSSR count). The number of aromatic nitrogens is 3. The first-order valence-corrected chi connectivity index (χ1v) is 6.47. The van der Waals surface area contributed by atoms with Gasteiger partial charge in [-0.15, -0.1) is 5.10 Å². The van der Waals surface area contributed by atoms with Gasteiger partial charge in [0.1, 0.15) is 5.69 Å². The Kier molecular flexibility index (Phi) is 3.79. The van der Waals surface area contributed by atoms with E-state index >= 15 is 0 Å². The first kappa shape index (κ1) is 15.5. The van der Waals surface area contributed by atoms with E-state index in [0.717, 1.165) is 10.2 Å². The molecule has 0 unspecified atom stereocenters. The highest BCUT2D eigenvalue weighted by Crippen LogP contribution is 2.33. The van der Waals surface area contributed by atoms with Crippen molar-refractivity contribution in [3.05, 3.63) is 41.2 Å². The van der Waals surface area contributed by atoms with Crippen LogP contribution in [0.2, 0.25) is 0 Å². The van der Waals surface area contributed by atoms with Crippen molar-refractivity contribution in [1.29, 1.82) is 0 Å². The molecule has 114 valence electrons. The normalized spacial score (nSPS) is 12.7. The van der Waals surface area contributed by atoms with Crippen LogP contribution in [0.3, 0.4) is 0 Å². The van der Waals surface area contributed by atoms with Gasteiger partial charge in [-0.3, -0.25) is 0 Å². The SMILES string of the molecule is CC(C)(C)c1ccc(-n2nnc(CN)c2C(F)(F)F)cc1. The molecule has 0 saturated carbocycles. The standard InChI is InChI=1S/C14H17F3N4/c1-13(2,3)9-4-6-10(7-5-9)21-12(14(15,16)17)11(8-18)19-20-21/h4-7H,8,18H2,1-3H3. The first-order valence-electron chi connectivity index (χ1n) is 6.47. The third-order valence-electron chi connectivity index (χ3n) is 3.18. The summed E-state index contributed by atoms with van der Waals surface area (Å²) in [6.45, 7) is 5.79. The number of hydrogen-bond acceptors (Lipinski definition) is 3. The topological polar surface area (TPSA) is 56.7 Å². The number of rotatable bonds is 2. The first-order chi connectivity index (χ1) is 9.64. The lowest BCUT2D eigenvalue weighted by molar-refractivity contribution is -0.143. The highest BCUT2D eigenvalue weighted by molar-refractivity contribution is 5.38. The zero-order chi connectivity index (χ0) is 15.8. The van der Waals surface area contributed by atoms with Gasteiger partial charge in [-0.2, -0.15) is 13.2 Å². The third-order valence-corrected chi connectivity index (χ3v) is 3.18. The van der Waals surface area contributed by atoms with E-state index in [4.69, 9.17) is 5.73 Å². The minimum atomic E-state index is -4.55. The van der Waals surface area contributed by atoms with Crippen molar-refractivity contribution in [2.24, 2.45) is 5.73 Å². The van der Waals surface area contributed by atoms with E-state index in [0.29, 0.717) is 5.69 Å². The van der Waals surface area contributed by atoms with Gasteiger partial charge in [0, 0.05) is 6.54 Å². The quantitative estimate of drug-likeness (QED) is 0.927. The molecule has 4 nitrogen and oxygen atoms in total. The summed E-state index contributed by atoms with van der Waals surface area (Å²) in [5, 5.41) is 7.10. The average molecular weight is 298 g/mol. The molecular formula is C14H17F3N4. The summed E-state index contributed by atoms with van der Waals surface area (Å²) in [4.78, 5) is 0. The summed E-state index contributed by atoms with van der Waals surface area (Å²) in [6.07, 6.45) is -4.55. The summed E-state index contributed by atoms with van der Waals surface area (Å²) in [5.74, 6) is 0.